The highest BCUT2D eigenvalue weighted by Gasteiger charge is 2.15. The fraction of sp³-hybridized carbons (Fsp3) is 0.348. The fourth-order valence-corrected chi connectivity index (χ4v) is 3.35. The Morgan fingerprint density at radius 3 is 2.38 bits per heavy atom. The molecule has 0 aliphatic heterocycles. The van der Waals surface area contributed by atoms with E-state index >= 15 is 0 Å². The van der Waals surface area contributed by atoms with Gasteiger partial charge in [-0.15, -0.1) is 0 Å². The molecule has 0 bridgehead atoms. The lowest BCUT2D eigenvalue weighted by molar-refractivity contribution is -0.122. The van der Waals surface area contributed by atoms with Gasteiger partial charge < -0.3 is 24.5 Å². The first-order chi connectivity index (χ1) is 14.0. The molecule has 2 N–H and O–H groups in total. The zero-order valence-corrected chi connectivity index (χ0v) is 17.4. The van der Waals surface area contributed by atoms with Crippen LogP contribution in [0.4, 0.5) is 0 Å². The van der Waals surface area contributed by atoms with Crippen molar-refractivity contribution >= 4 is 16.8 Å². The molecule has 0 aliphatic carbocycles. The highest BCUT2D eigenvalue weighted by Crippen LogP contribution is 2.31. The van der Waals surface area contributed by atoms with Crippen LogP contribution in [0.25, 0.3) is 10.9 Å². The van der Waals surface area contributed by atoms with Gasteiger partial charge in [0, 0.05) is 29.8 Å². The number of hydrogen-bond acceptors (Lipinski definition) is 4. The van der Waals surface area contributed by atoms with Crippen molar-refractivity contribution in [2.75, 3.05) is 27.9 Å². The normalized spacial score (nSPS) is 11.9. The van der Waals surface area contributed by atoms with Gasteiger partial charge in [-0.1, -0.05) is 12.1 Å². The number of rotatable bonds is 9. The summed E-state index contributed by atoms with van der Waals surface area (Å²) < 4.78 is 15.9. The molecule has 1 heterocycles. The summed E-state index contributed by atoms with van der Waals surface area (Å²) in [7, 11) is 4.92. The average Bonchev–Trinajstić information content (AvgIpc) is 3.18. The van der Waals surface area contributed by atoms with Crippen molar-refractivity contribution in [2.45, 2.75) is 25.7 Å². The topological polar surface area (TPSA) is 72.6 Å². The van der Waals surface area contributed by atoms with Gasteiger partial charge in [-0.3, -0.25) is 4.79 Å². The zero-order chi connectivity index (χ0) is 20.8. The van der Waals surface area contributed by atoms with Gasteiger partial charge in [-0.2, -0.15) is 0 Å². The fourth-order valence-electron chi connectivity index (χ4n) is 3.35. The minimum atomic E-state index is -0.203. The third-order valence-corrected chi connectivity index (χ3v) is 5.12. The van der Waals surface area contributed by atoms with Gasteiger partial charge in [0.15, 0.2) is 0 Å². The SMILES string of the molecule is COc1ccc(C(C)C(=O)NCCCc2cc3c(OC)cc(OC)cc3[nH]2)cc1. The second kappa shape index (κ2) is 9.37. The van der Waals surface area contributed by atoms with E-state index in [4.69, 9.17) is 14.2 Å². The maximum Gasteiger partial charge on any atom is 0.227 e. The van der Waals surface area contributed by atoms with Crippen molar-refractivity contribution < 1.29 is 19.0 Å². The van der Waals surface area contributed by atoms with Crippen molar-refractivity contribution in [3.63, 3.8) is 0 Å². The van der Waals surface area contributed by atoms with Gasteiger partial charge in [0.2, 0.25) is 5.91 Å². The van der Waals surface area contributed by atoms with E-state index in [0.717, 1.165) is 52.3 Å². The molecular formula is C23H28N2O4. The Labute approximate surface area is 171 Å². The number of nitrogens with one attached hydrogen (secondary N) is 2. The Hall–Kier alpha value is -3.15. The second-order valence-electron chi connectivity index (χ2n) is 6.97. The maximum atomic E-state index is 12.4. The molecule has 2 aromatic carbocycles. The van der Waals surface area contributed by atoms with E-state index < -0.39 is 0 Å². The Bertz CT molecular complexity index is 963. The molecule has 3 rings (SSSR count). The van der Waals surface area contributed by atoms with Gasteiger partial charge in [-0.25, -0.2) is 0 Å². The van der Waals surface area contributed by atoms with E-state index in [1.807, 2.05) is 43.3 Å². The number of ether oxygens (including phenoxy) is 3. The summed E-state index contributed by atoms with van der Waals surface area (Å²) in [6.45, 7) is 2.53. The number of H-pyrrole nitrogens is 1. The Morgan fingerprint density at radius 1 is 1.00 bits per heavy atom. The zero-order valence-electron chi connectivity index (χ0n) is 17.4. The molecule has 1 amide bonds. The lowest BCUT2D eigenvalue weighted by atomic mass is 10.0. The van der Waals surface area contributed by atoms with E-state index in [2.05, 4.69) is 16.4 Å². The summed E-state index contributed by atoms with van der Waals surface area (Å²) in [5.74, 6) is 2.14. The summed E-state index contributed by atoms with van der Waals surface area (Å²) in [5.41, 5.74) is 3.05. The monoisotopic (exact) mass is 396 g/mol. The molecule has 6 heteroatoms. The Kier molecular flexibility index (Phi) is 6.65. The molecule has 0 saturated heterocycles. The molecule has 1 atom stereocenters. The molecule has 0 aliphatic rings. The molecule has 154 valence electrons. The second-order valence-corrected chi connectivity index (χ2v) is 6.97. The number of carbonyl (C=O) groups is 1. The van der Waals surface area contributed by atoms with Crippen molar-refractivity contribution in [3.8, 4) is 17.2 Å². The highest BCUT2D eigenvalue weighted by molar-refractivity contribution is 5.88. The molecule has 0 fully saturated rings. The van der Waals surface area contributed by atoms with E-state index in [1.54, 1.807) is 21.3 Å². The molecule has 6 nitrogen and oxygen atoms in total. The van der Waals surface area contributed by atoms with Gasteiger partial charge >= 0.3 is 0 Å². The summed E-state index contributed by atoms with van der Waals surface area (Å²) in [4.78, 5) is 15.8. The Morgan fingerprint density at radius 2 is 1.72 bits per heavy atom. The van der Waals surface area contributed by atoms with Gasteiger partial charge in [0.05, 0.1) is 32.8 Å². The average molecular weight is 396 g/mol. The lowest BCUT2D eigenvalue weighted by Crippen LogP contribution is -2.29. The smallest absolute Gasteiger partial charge is 0.227 e. The molecule has 29 heavy (non-hydrogen) atoms. The predicted octanol–water partition coefficient (Wildman–Crippen LogP) is 4.05. The van der Waals surface area contributed by atoms with Gasteiger partial charge in [0.25, 0.3) is 0 Å². The van der Waals surface area contributed by atoms with Gasteiger partial charge in [-0.05, 0) is 43.5 Å². The number of aryl methyl sites for hydroxylation is 1. The number of fused-ring (bicyclic) bond motifs is 1. The summed E-state index contributed by atoms with van der Waals surface area (Å²) in [6.07, 6.45) is 1.67. The van der Waals surface area contributed by atoms with Crippen LogP contribution < -0.4 is 19.5 Å². The molecule has 1 aromatic heterocycles. The van der Waals surface area contributed by atoms with Crippen LogP contribution in [-0.4, -0.2) is 38.8 Å². The van der Waals surface area contributed by atoms with Crippen LogP contribution in [0.1, 0.15) is 30.5 Å². The number of carbonyl (C=O) groups excluding carboxylic acids is 1. The number of aromatic nitrogens is 1. The third kappa shape index (κ3) is 4.83. The van der Waals surface area contributed by atoms with Crippen LogP contribution in [0.3, 0.4) is 0 Å². The molecule has 1 unspecified atom stereocenters. The predicted molar refractivity (Wildman–Crippen MR) is 114 cm³/mol. The molecule has 0 saturated carbocycles. The number of hydrogen-bond donors (Lipinski definition) is 2. The minimum absolute atomic E-state index is 0.0261. The summed E-state index contributed by atoms with van der Waals surface area (Å²) in [5, 5.41) is 4.05. The lowest BCUT2D eigenvalue weighted by Gasteiger charge is -2.13. The molecule has 0 spiro atoms. The van der Waals surface area contributed by atoms with Crippen LogP contribution >= 0.6 is 0 Å². The number of methoxy groups -OCH3 is 3. The third-order valence-electron chi connectivity index (χ3n) is 5.12. The van der Waals surface area contributed by atoms with E-state index in [1.165, 1.54) is 0 Å². The number of benzene rings is 2. The number of aromatic amines is 1. The summed E-state index contributed by atoms with van der Waals surface area (Å²) >= 11 is 0. The largest absolute Gasteiger partial charge is 0.497 e. The molecule has 3 aromatic rings. The minimum Gasteiger partial charge on any atom is -0.497 e. The van der Waals surface area contributed by atoms with Crippen molar-refractivity contribution in [2.24, 2.45) is 0 Å². The summed E-state index contributed by atoms with van der Waals surface area (Å²) in [6, 6.07) is 13.5. The first-order valence-corrected chi connectivity index (χ1v) is 9.71. The van der Waals surface area contributed by atoms with E-state index in [0.29, 0.717) is 6.54 Å². The van der Waals surface area contributed by atoms with Crippen LogP contribution in [0, 0.1) is 0 Å². The van der Waals surface area contributed by atoms with E-state index in [-0.39, 0.29) is 11.8 Å². The quantitative estimate of drug-likeness (QED) is 0.535. The van der Waals surface area contributed by atoms with Crippen LogP contribution in [0.5, 0.6) is 17.2 Å². The highest BCUT2D eigenvalue weighted by atomic mass is 16.5. The van der Waals surface area contributed by atoms with E-state index in [9.17, 15) is 4.79 Å². The molecular weight excluding hydrogens is 368 g/mol. The first-order valence-electron chi connectivity index (χ1n) is 9.71. The van der Waals surface area contributed by atoms with Crippen molar-refractivity contribution in [1.29, 1.82) is 0 Å². The Balaban J connectivity index is 1.53. The maximum absolute atomic E-state index is 12.4. The van der Waals surface area contributed by atoms with Crippen LogP contribution in [0.15, 0.2) is 42.5 Å². The van der Waals surface area contributed by atoms with Crippen LogP contribution in [0.2, 0.25) is 0 Å². The van der Waals surface area contributed by atoms with Crippen LogP contribution in [-0.2, 0) is 11.2 Å². The molecule has 0 radical (unpaired) electrons. The first kappa shape index (κ1) is 20.6. The van der Waals surface area contributed by atoms with Crippen molar-refractivity contribution in [3.05, 3.63) is 53.7 Å². The van der Waals surface area contributed by atoms with Gasteiger partial charge in [0.1, 0.15) is 17.2 Å². The van der Waals surface area contributed by atoms with Crippen molar-refractivity contribution in [1.82, 2.24) is 10.3 Å². The standard InChI is InChI=1S/C23H28N2O4/c1-15(16-7-9-18(27-2)10-8-16)23(26)24-11-5-6-17-12-20-21(25-17)13-19(28-3)14-22(20)29-4/h7-10,12-15,25H,5-6,11H2,1-4H3,(H,24,26). The number of amides is 1.